The van der Waals surface area contributed by atoms with E-state index in [1.807, 2.05) is 91.0 Å². The highest BCUT2D eigenvalue weighted by atomic mass is 16.6. The van der Waals surface area contributed by atoms with Crippen molar-refractivity contribution in [3.63, 3.8) is 0 Å². The minimum Gasteiger partial charge on any atom is -0.394 e. The van der Waals surface area contributed by atoms with Crippen LogP contribution in [0.15, 0.2) is 91.0 Å². The predicted molar refractivity (Wildman–Crippen MR) is 121 cm³/mol. The second-order valence-corrected chi connectivity index (χ2v) is 7.16. The Labute approximate surface area is 184 Å². The van der Waals surface area contributed by atoms with Crippen LogP contribution in [0, 0.1) is 12.3 Å². The molecular formula is C27H28O4. The lowest BCUT2D eigenvalue weighted by Crippen LogP contribution is -2.44. The number of rotatable bonds is 12. The Morgan fingerprint density at radius 1 is 0.645 bits per heavy atom. The van der Waals surface area contributed by atoms with Crippen LogP contribution in [0.4, 0.5) is 0 Å². The van der Waals surface area contributed by atoms with E-state index in [2.05, 4.69) is 5.92 Å². The summed E-state index contributed by atoms with van der Waals surface area (Å²) in [6.45, 7) is 0.785. The number of hydrogen-bond acceptors (Lipinski definition) is 4. The van der Waals surface area contributed by atoms with Crippen LogP contribution >= 0.6 is 0 Å². The zero-order valence-corrected chi connectivity index (χ0v) is 17.5. The van der Waals surface area contributed by atoms with Crippen LogP contribution in [0.25, 0.3) is 0 Å². The molecule has 0 aromatic heterocycles. The lowest BCUT2D eigenvalue weighted by atomic mass is 10.1. The molecule has 0 aliphatic carbocycles. The van der Waals surface area contributed by atoms with E-state index >= 15 is 0 Å². The largest absolute Gasteiger partial charge is 0.394 e. The highest BCUT2D eigenvalue weighted by Crippen LogP contribution is 2.18. The summed E-state index contributed by atoms with van der Waals surface area (Å²) in [4.78, 5) is 0. The number of aliphatic hydroxyl groups excluding tert-OH is 1. The molecule has 3 aromatic carbocycles. The number of benzene rings is 3. The van der Waals surface area contributed by atoms with Crippen molar-refractivity contribution in [1.82, 2.24) is 0 Å². The smallest absolute Gasteiger partial charge is 0.147 e. The van der Waals surface area contributed by atoms with Gasteiger partial charge in [0.1, 0.15) is 18.3 Å². The standard InChI is InChI=1S/C27H28O4/c1-2-25(29-19-22-12-6-3-7-13-22)27(31-21-24-16-10-5-11-17-24)26(18-28)30-20-23-14-8-4-9-15-23/h1,3-17,25-28H,18-21H2/t25-,26+,27-/m0/s1. The molecule has 1 N–H and O–H groups in total. The summed E-state index contributed by atoms with van der Waals surface area (Å²) in [6, 6.07) is 29.4. The van der Waals surface area contributed by atoms with Crippen molar-refractivity contribution in [2.45, 2.75) is 38.1 Å². The molecule has 0 aliphatic heterocycles. The van der Waals surface area contributed by atoms with E-state index in [4.69, 9.17) is 20.6 Å². The average molecular weight is 417 g/mol. The molecule has 31 heavy (non-hydrogen) atoms. The number of ether oxygens (including phenoxy) is 3. The van der Waals surface area contributed by atoms with Gasteiger partial charge in [0.2, 0.25) is 0 Å². The molecule has 3 aromatic rings. The molecule has 4 nitrogen and oxygen atoms in total. The van der Waals surface area contributed by atoms with Crippen molar-refractivity contribution in [3.8, 4) is 12.3 Å². The molecule has 0 spiro atoms. The van der Waals surface area contributed by atoms with E-state index in [0.717, 1.165) is 16.7 Å². The Morgan fingerprint density at radius 3 is 1.48 bits per heavy atom. The van der Waals surface area contributed by atoms with Crippen LogP contribution in [0.3, 0.4) is 0 Å². The van der Waals surface area contributed by atoms with E-state index in [0.29, 0.717) is 19.8 Å². The van der Waals surface area contributed by atoms with E-state index in [-0.39, 0.29) is 6.61 Å². The van der Waals surface area contributed by atoms with Crippen molar-refractivity contribution >= 4 is 0 Å². The Morgan fingerprint density at radius 2 is 1.06 bits per heavy atom. The average Bonchev–Trinajstić information content (AvgIpc) is 2.84. The minimum absolute atomic E-state index is 0.237. The van der Waals surface area contributed by atoms with E-state index in [1.165, 1.54) is 0 Å². The van der Waals surface area contributed by atoms with Gasteiger partial charge in [-0.25, -0.2) is 0 Å². The van der Waals surface area contributed by atoms with Gasteiger partial charge in [0.25, 0.3) is 0 Å². The molecule has 0 amide bonds. The summed E-state index contributed by atoms with van der Waals surface area (Å²) in [7, 11) is 0. The quantitative estimate of drug-likeness (QED) is 0.446. The number of hydrogen-bond donors (Lipinski definition) is 1. The fraction of sp³-hybridized carbons (Fsp3) is 0.259. The molecule has 0 saturated heterocycles. The summed E-state index contributed by atoms with van der Waals surface area (Å²) < 4.78 is 18.2. The van der Waals surface area contributed by atoms with Gasteiger partial charge in [0, 0.05) is 0 Å². The molecule has 0 fully saturated rings. The Balaban J connectivity index is 1.71. The summed E-state index contributed by atoms with van der Waals surface area (Å²) in [5.74, 6) is 2.68. The molecule has 4 heteroatoms. The van der Waals surface area contributed by atoms with Crippen LogP contribution in [0.2, 0.25) is 0 Å². The lowest BCUT2D eigenvalue weighted by Gasteiger charge is -2.30. The molecule has 0 radical (unpaired) electrons. The summed E-state index contributed by atoms with van der Waals surface area (Å²) in [6.07, 6.45) is 3.86. The molecule has 3 rings (SSSR count). The zero-order chi connectivity index (χ0) is 21.7. The van der Waals surface area contributed by atoms with Gasteiger partial charge < -0.3 is 19.3 Å². The van der Waals surface area contributed by atoms with Gasteiger partial charge in [-0.2, -0.15) is 0 Å². The first-order valence-electron chi connectivity index (χ1n) is 10.3. The number of terminal acetylenes is 1. The van der Waals surface area contributed by atoms with E-state index < -0.39 is 18.3 Å². The Hall–Kier alpha value is -2.94. The maximum absolute atomic E-state index is 10.1. The molecule has 160 valence electrons. The SMILES string of the molecule is C#C[C@H](OCc1ccccc1)[C@H](OCc1ccccc1)[C@@H](CO)OCc1ccccc1. The topological polar surface area (TPSA) is 47.9 Å². The molecular weight excluding hydrogens is 388 g/mol. The van der Waals surface area contributed by atoms with Crippen LogP contribution in [0.1, 0.15) is 16.7 Å². The lowest BCUT2D eigenvalue weighted by molar-refractivity contribution is -0.147. The minimum atomic E-state index is -0.683. The molecule has 0 saturated carbocycles. The monoisotopic (exact) mass is 416 g/mol. The summed E-state index contributed by atoms with van der Waals surface area (Å²) >= 11 is 0. The third-order valence-electron chi connectivity index (χ3n) is 4.87. The first-order valence-corrected chi connectivity index (χ1v) is 10.3. The molecule has 0 aliphatic rings. The first-order chi connectivity index (χ1) is 15.3. The maximum atomic E-state index is 10.1. The normalized spacial score (nSPS) is 13.8. The highest BCUT2D eigenvalue weighted by Gasteiger charge is 2.31. The van der Waals surface area contributed by atoms with Crippen molar-refractivity contribution in [2.24, 2.45) is 0 Å². The number of aliphatic hydroxyl groups is 1. The molecule has 0 unspecified atom stereocenters. The van der Waals surface area contributed by atoms with Crippen LogP contribution in [0.5, 0.6) is 0 Å². The summed E-state index contributed by atoms with van der Waals surface area (Å²) in [5, 5.41) is 10.1. The van der Waals surface area contributed by atoms with Crippen LogP contribution < -0.4 is 0 Å². The first kappa shape index (κ1) is 22.7. The maximum Gasteiger partial charge on any atom is 0.147 e. The van der Waals surface area contributed by atoms with Gasteiger partial charge in [0.15, 0.2) is 0 Å². The van der Waals surface area contributed by atoms with Crippen molar-refractivity contribution < 1.29 is 19.3 Å². The zero-order valence-electron chi connectivity index (χ0n) is 17.5. The van der Waals surface area contributed by atoms with Gasteiger partial charge in [-0.05, 0) is 16.7 Å². The van der Waals surface area contributed by atoms with Crippen molar-refractivity contribution in [2.75, 3.05) is 6.61 Å². The van der Waals surface area contributed by atoms with Crippen molar-refractivity contribution in [3.05, 3.63) is 108 Å². The second kappa shape index (κ2) is 12.7. The second-order valence-electron chi connectivity index (χ2n) is 7.16. The van der Waals surface area contributed by atoms with Gasteiger partial charge >= 0.3 is 0 Å². The van der Waals surface area contributed by atoms with Gasteiger partial charge in [0.05, 0.1) is 26.4 Å². The van der Waals surface area contributed by atoms with E-state index in [1.54, 1.807) is 0 Å². The third kappa shape index (κ3) is 7.36. The fourth-order valence-electron chi connectivity index (χ4n) is 3.18. The molecule has 0 bridgehead atoms. The van der Waals surface area contributed by atoms with Gasteiger partial charge in [-0.1, -0.05) is 96.9 Å². The fourth-order valence-corrected chi connectivity index (χ4v) is 3.18. The predicted octanol–water partition coefficient (Wildman–Crippen LogP) is 4.37. The highest BCUT2D eigenvalue weighted by molar-refractivity contribution is 5.16. The van der Waals surface area contributed by atoms with Gasteiger partial charge in [-0.15, -0.1) is 6.42 Å². The third-order valence-corrected chi connectivity index (χ3v) is 4.87. The Kier molecular flexibility index (Phi) is 9.31. The van der Waals surface area contributed by atoms with Gasteiger partial charge in [-0.3, -0.25) is 0 Å². The molecule has 3 atom stereocenters. The summed E-state index contributed by atoms with van der Waals surface area (Å²) in [5.41, 5.74) is 3.02. The van der Waals surface area contributed by atoms with Crippen LogP contribution in [-0.4, -0.2) is 30.0 Å². The molecule has 0 heterocycles. The Bertz CT molecular complexity index is 906. The van der Waals surface area contributed by atoms with Crippen LogP contribution in [-0.2, 0) is 34.0 Å². The van der Waals surface area contributed by atoms with E-state index in [9.17, 15) is 5.11 Å². The van der Waals surface area contributed by atoms with Crippen molar-refractivity contribution in [1.29, 1.82) is 0 Å².